The van der Waals surface area contributed by atoms with Crippen molar-refractivity contribution in [2.75, 3.05) is 40.0 Å². The van der Waals surface area contributed by atoms with Crippen molar-refractivity contribution in [1.82, 2.24) is 15.5 Å². The van der Waals surface area contributed by atoms with Gasteiger partial charge >= 0.3 is 0 Å². The van der Waals surface area contributed by atoms with Gasteiger partial charge in [-0.2, -0.15) is 0 Å². The molecule has 0 heterocycles. The van der Waals surface area contributed by atoms with Crippen LogP contribution >= 0.6 is 0 Å². The van der Waals surface area contributed by atoms with Gasteiger partial charge in [-0.15, -0.1) is 0 Å². The van der Waals surface area contributed by atoms with Gasteiger partial charge in [0.05, 0.1) is 4.90 Å². The molecule has 0 spiro atoms. The van der Waals surface area contributed by atoms with Gasteiger partial charge in [0, 0.05) is 39.5 Å². The Hall–Kier alpha value is -2.45. The van der Waals surface area contributed by atoms with E-state index in [1.165, 1.54) is 18.4 Å². The first-order valence-electron chi connectivity index (χ1n) is 9.44. The summed E-state index contributed by atoms with van der Waals surface area (Å²) in [5.41, 5.74) is 2.12. The lowest BCUT2D eigenvalue weighted by atomic mass is 10.1. The first-order valence-corrected chi connectivity index (χ1v) is 11.3. The average Bonchev–Trinajstić information content (AvgIpc) is 2.68. The fourth-order valence-corrected chi connectivity index (χ4v) is 3.43. The molecule has 0 bridgehead atoms. The predicted octanol–water partition coefficient (Wildman–Crippen LogP) is 2.07. The highest BCUT2D eigenvalue weighted by Crippen LogP contribution is 2.10. The first-order chi connectivity index (χ1) is 13.8. The molecule has 2 N–H and O–H groups in total. The number of guanidine groups is 1. The largest absolute Gasteiger partial charge is 0.356 e. The molecule has 0 saturated heterocycles. The van der Waals surface area contributed by atoms with Gasteiger partial charge in [0.25, 0.3) is 0 Å². The minimum atomic E-state index is -3.16. The fraction of sp³-hybridized carbons (Fsp3) is 0.381. The third kappa shape index (κ3) is 8.21. The van der Waals surface area contributed by atoms with Crippen LogP contribution in [0.2, 0.25) is 0 Å². The maximum atomic E-state index is 13.0. The Kier molecular flexibility index (Phi) is 8.60. The van der Waals surface area contributed by atoms with Gasteiger partial charge in [-0.1, -0.05) is 24.3 Å². The van der Waals surface area contributed by atoms with Crippen molar-refractivity contribution in [2.45, 2.75) is 17.9 Å². The molecular weight excluding hydrogens is 391 g/mol. The van der Waals surface area contributed by atoms with Crippen LogP contribution in [0.15, 0.2) is 58.4 Å². The van der Waals surface area contributed by atoms with Crippen LogP contribution < -0.4 is 10.6 Å². The average molecular weight is 421 g/mol. The molecule has 0 atom stereocenters. The number of hydrogen-bond acceptors (Lipinski definition) is 4. The summed E-state index contributed by atoms with van der Waals surface area (Å²) < 4.78 is 36.0. The molecule has 0 radical (unpaired) electrons. The minimum Gasteiger partial charge on any atom is -0.356 e. The van der Waals surface area contributed by atoms with Crippen LogP contribution in [-0.2, 0) is 22.8 Å². The molecule has 2 aromatic carbocycles. The summed E-state index contributed by atoms with van der Waals surface area (Å²) in [6, 6.07) is 13.5. The molecule has 8 heteroatoms. The molecule has 0 aromatic heterocycles. The maximum absolute atomic E-state index is 13.0. The van der Waals surface area contributed by atoms with E-state index in [-0.39, 0.29) is 5.82 Å². The number of rotatable bonds is 9. The second-order valence-electron chi connectivity index (χ2n) is 6.96. The SMILES string of the molecule is CN=C(NCCc1ccc(S(C)(=O)=O)cc1)NCCN(C)Cc1ccc(F)cc1. The molecule has 0 aliphatic rings. The highest BCUT2D eigenvalue weighted by Gasteiger charge is 2.06. The molecular formula is C21H29FN4O2S. The zero-order valence-electron chi connectivity index (χ0n) is 17.2. The minimum absolute atomic E-state index is 0.223. The predicted molar refractivity (Wildman–Crippen MR) is 115 cm³/mol. The third-order valence-corrected chi connectivity index (χ3v) is 5.56. The lowest BCUT2D eigenvalue weighted by Gasteiger charge is -2.18. The van der Waals surface area contributed by atoms with E-state index < -0.39 is 9.84 Å². The molecule has 6 nitrogen and oxygen atoms in total. The number of sulfone groups is 1. The molecule has 0 amide bonds. The summed E-state index contributed by atoms with van der Waals surface area (Å²) in [7, 11) is 0.574. The molecule has 158 valence electrons. The summed E-state index contributed by atoms with van der Waals surface area (Å²) in [5.74, 6) is 0.493. The summed E-state index contributed by atoms with van der Waals surface area (Å²) >= 11 is 0. The van der Waals surface area contributed by atoms with Crippen molar-refractivity contribution in [1.29, 1.82) is 0 Å². The molecule has 29 heavy (non-hydrogen) atoms. The van der Waals surface area contributed by atoms with E-state index >= 15 is 0 Å². The number of nitrogens with zero attached hydrogens (tertiary/aromatic N) is 2. The van der Waals surface area contributed by atoms with Crippen molar-refractivity contribution in [3.8, 4) is 0 Å². The Balaban J connectivity index is 1.69. The number of hydrogen-bond donors (Lipinski definition) is 2. The highest BCUT2D eigenvalue weighted by molar-refractivity contribution is 7.90. The topological polar surface area (TPSA) is 73.8 Å². The van der Waals surface area contributed by atoms with Crippen LogP contribution in [0.1, 0.15) is 11.1 Å². The van der Waals surface area contributed by atoms with E-state index in [2.05, 4.69) is 20.5 Å². The Labute approximate surface area is 172 Å². The molecule has 0 aliphatic heterocycles. The van der Waals surface area contributed by atoms with E-state index in [1.54, 1.807) is 31.3 Å². The maximum Gasteiger partial charge on any atom is 0.191 e. The lowest BCUT2D eigenvalue weighted by molar-refractivity contribution is 0.331. The Bertz CT molecular complexity index is 897. The zero-order valence-corrected chi connectivity index (χ0v) is 18.0. The van der Waals surface area contributed by atoms with Crippen LogP contribution in [0.5, 0.6) is 0 Å². The summed E-state index contributed by atoms with van der Waals surface area (Å²) in [5, 5.41) is 6.52. The van der Waals surface area contributed by atoms with E-state index in [4.69, 9.17) is 0 Å². The van der Waals surface area contributed by atoms with Crippen LogP contribution in [0.3, 0.4) is 0 Å². The number of aliphatic imine (C=N–C) groups is 1. The van der Waals surface area contributed by atoms with E-state index in [0.717, 1.165) is 37.2 Å². The van der Waals surface area contributed by atoms with Crippen molar-refractivity contribution < 1.29 is 12.8 Å². The third-order valence-electron chi connectivity index (χ3n) is 4.43. The van der Waals surface area contributed by atoms with Crippen molar-refractivity contribution >= 4 is 15.8 Å². The molecule has 0 fully saturated rings. The monoisotopic (exact) mass is 420 g/mol. The van der Waals surface area contributed by atoms with Crippen LogP contribution in [0.25, 0.3) is 0 Å². The van der Waals surface area contributed by atoms with E-state index in [1.807, 2.05) is 19.2 Å². The van der Waals surface area contributed by atoms with Gasteiger partial charge in [-0.05, 0) is 48.9 Å². The number of likely N-dealkylation sites (N-methyl/N-ethyl adjacent to an activating group) is 1. The first kappa shape index (κ1) is 22.8. The van der Waals surface area contributed by atoms with Crippen LogP contribution in [0.4, 0.5) is 4.39 Å². The van der Waals surface area contributed by atoms with Gasteiger partial charge in [0.15, 0.2) is 15.8 Å². The van der Waals surface area contributed by atoms with Gasteiger partial charge < -0.3 is 15.5 Å². The Morgan fingerprint density at radius 3 is 2.17 bits per heavy atom. The Morgan fingerprint density at radius 1 is 1.00 bits per heavy atom. The van der Waals surface area contributed by atoms with E-state index in [0.29, 0.717) is 17.4 Å². The molecule has 0 saturated carbocycles. The molecule has 2 aromatic rings. The standard InChI is InChI=1S/C21H29FN4O2S/c1-23-21(24-13-12-17-6-10-20(11-7-17)29(3,27)28)25-14-15-26(2)16-18-4-8-19(22)9-5-18/h4-11H,12-16H2,1-3H3,(H2,23,24,25). The van der Waals surface area contributed by atoms with Crippen molar-refractivity contribution in [2.24, 2.45) is 4.99 Å². The number of halogens is 1. The van der Waals surface area contributed by atoms with Crippen LogP contribution in [0, 0.1) is 5.82 Å². The number of nitrogens with one attached hydrogen (secondary N) is 2. The summed E-state index contributed by atoms with van der Waals surface area (Å²) in [4.78, 5) is 6.69. The van der Waals surface area contributed by atoms with Gasteiger partial charge in [-0.3, -0.25) is 4.99 Å². The van der Waals surface area contributed by atoms with Gasteiger partial charge in [0.1, 0.15) is 5.82 Å². The second kappa shape index (κ2) is 10.9. The molecule has 0 unspecified atom stereocenters. The Morgan fingerprint density at radius 2 is 1.59 bits per heavy atom. The second-order valence-corrected chi connectivity index (χ2v) is 8.97. The highest BCUT2D eigenvalue weighted by atomic mass is 32.2. The summed E-state index contributed by atoms with van der Waals surface area (Å²) in [6.07, 6.45) is 1.96. The smallest absolute Gasteiger partial charge is 0.191 e. The van der Waals surface area contributed by atoms with Crippen molar-refractivity contribution in [3.63, 3.8) is 0 Å². The van der Waals surface area contributed by atoms with Gasteiger partial charge in [-0.25, -0.2) is 12.8 Å². The molecule has 2 rings (SSSR count). The summed E-state index contributed by atoms with van der Waals surface area (Å²) in [6.45, 7) is 2.96. The number of benzene rings is 2. The quantitative estimate of drug-likeness (QED) is 0.480. The normalized spacial score (nSPS) is 12.2. The van der Waals surface area contributed by atoms with E-state index in [9.17, 15) is 12.8 Å². The van der Waals surface area contributed by atoms with Crippen molar-refractivity contribution in [3.05, 3.63) is 65.5 Å². The lowest BCUT2D eigenvalue weighted by Crippen LogP contribution is -2.41. The van der Waals surface area contributed by atoms with Crippen LogP contribution in [-0.4, -0.2) is 59.3 Å². The zero-order chi connectivity index (χ0) is 21.3. The molecule has 0 aliphatic carbocycles. The fourth-order valence-electron chi connectivity index (χ4n) is 2.79. The van der Waals surface area contributed by atoms with Gasteiger partial charge in [0.2, 0.25) is 0 Å².